The number of hydrogen-bond acceptors (Lipinski definition) is 1. The summed E-state index contributed by atoms with van der Waals surface area (Å²) in [4.78, 5) is 11.0. The maximum atomic E-state index is 11.0. The van der Waals surface area contributed by atoms with E-state index in [0.29, 0.717) is 0 Å². The van der Waals surface area contributed by atoms with E-state index in [1.807, 2.05) is 18.2 Å². The van der Waals surface area contributed by atoms with Gasteiger partial charge in [-0.25, -0.2) is 0 Å². The first-order valence-corrected chi connectivity index (χ1v) is 7.88. The van der Waals surface area contributed by atoms with Crippen molar-refractivity contribution in [2.45, 2.75) is 58.3 Å². The Morgan fingerprint density at radius 1 is 1.21 bits per heavy atom. The van der Waals surface area contributed by atoms with Crippen LogP contribution in [-0.4, -0.2) is 6.29 Å². The van der Waals surface area contributed by atoms with E-state index >= 15 is 0 Å². The smallest absolute Gasteiger partial charge is 0.150 e. The minimum atomic E-state index is 0.847. The zero-order valence-corrected chi connectivity index (χ0v) is 12.1. The van der Waals surface area contributed by atoms with Crippen molar-refractivity contribution in [1.29, 1.82) is 0 Å². The Hall–Kier alpha value is -1.11. The van der Waals surface area contributed by atoms with Crippen molar-refractivity contribution in [2.75, 3.05) is 0 Å². The van der Waals surface area contributed by atoms with E-state index in [4.69, 9.17) is 0 Å². The van der Waals surface area contributed by atoms with Crippen LogP contribution in [0.2, 0.25) is 0 Å². The van der Waals surface area contributed by atoms with Gasteiger partial charge in [0.15, 0.2) is 0 Å². The molecule has 1 heteroatoms. The summed E-state index contributed by atoms with van der Waals surface area (Å²) in [7, 11) is 0. The summed E-state index contributed by atoms with van der Waals surface area (Å²) in [6.45, 7) is 2.32. The second kappa shape index (κ2) is 7.47. The topological polar surface area (TPSA) is 17.1 Å². The predicted octanol–water partition coefficient (Wildman–Crippen LogP) is 5.04. The normalized spacial score (nSPS) is 18.2. The summed E-state index contributed by atoms with van der Waals surface area (Å²) < 4.78 is 0. The zero-order chi connectivity index (χ0) is 13.5. The summed E-state index contributed by atoms with van der Waals surface area (Å²) in [6.07, 6.45) is 11.7. The zero-order valence-electron chi connectivity index (χ0n) is 12.1. The van der Waals surface area contributed by atoms with Crippen molar-refractivity contribution >= 4 is 6.29 Å². The third-order valence-electron chi connectivity index (χ3n) is 4.81. The summed E-state index contributed by atoms with van der Waals surface area (Å²) >= 11 is 0. The molecule has 1 saturated carbocycles. The molecule has 2 rings (SSSR count). The van der Waals surface area contributed by atoms with Crippen molar-refractivity contribution in [3.8, 4) is 0 Å². The molecule has 1 atom stereocenters. The Morgan fingerprint density at radius 3 is 2.63 bits per heavy atom. The average molecular weight is 258 g/mol. The standard InChI is InChI=1S/C18H26O/c1-2-15(16-8-4-3-5-9-16)12-13-17-10-6-7-11-18(17)14-19/h6-7,10-11,14-16H,2-5,8-9,12-13H2,1H3. The lowest BCUT2D eigenvalue weighted by molar-refractivity contribution is 0.112. The van der Waals surface area contributed by atoms with E-state index in [-0.39, 0.29) is 0 Å². The van der Waals surface area contributed by atoms with E-state index in [9.17, 15) is 4.79 Å². The molecule has 1 unspecified atom stereocenters. The van der Waals surface area contributed by atoms with Gasteiger partial charge in [-0.05, 0) is 30.2 Å². The molecule has 1 aliphatic rings. The van der Waals surface area contributed by atoms with E-state index in [2.05, 4.69) is 13.0 Å². The van der Waals surface area contributed by atoms with Gasteiger partial charge in [0.25, 0.3) is 0 Å². The summed E-state index contributed by atoms with van der Waals surface area (Å²) in [5, 5.41) is 0. The Labute approximate surface area is 117 Å². The third kappa shape index (κ3) is 3.92. The van der Waals surface area contributed by atoms with Crippen LogP contribution in [0.3, 0.4) is 0 Å². The minimum Gasteiger partial charge on any atom is -0.298 e. The fourth-order valence-electron chi connectivity index (χ4n) is 3.60. The van der Waals surface area contributed by atoms with Crippen LogP contribution in [0.25, 0.3) is 0 Å². The molecule has 1 aliphatic carbocycles. The first kappa shape index (κ1) is 14.3. The van der Waals surface area contributed by atoms with Gasteiger partial charge in [0.2, 0.25) is 0 Å². The number of rotatable bonds is 6. The van der Waals surface area contributed by atoms with Crippen molar-refractivity contribution in [3.05, 3.63) is 35.4 Å². The van der Waals surface area contributed by atoms with Gasteiger partial charge in [0, 0.05) is 5.56 Å². The van der Waals surface area contributed by atoms with E-state index in [0.717, 1.165) is 30.1 Å². The molecule has 0 heterocycles. The third-order valence-corrected chi connectivity index (χ3v) is 4.81. The van der Waals surface area contributed by atoms with Gasteiger partial charge >= 0.3 is 0 Å². The van der Waals surface area contributed by atoms with E-state index < -0.39 is 0 Å². The molecule has 0 spiro atoms. The Kier molecular flexibility index (Phi) is 5.62. The van der Waals surface area contributed by atoms with Crippen LogP contribution in [0.1, 0.15) is 67.8 Å². The Morgan fingerprint density at radius 2 is 1.95 bits per heavy atom. The Bertz CT molecular complexity index is 390. The fraction of sp³-hybridized carbons (Fsp3) is 0.611. The molecule has 0 aromatic heterocycles. The van der Waals surface area contributed by atoms with Crippen molar-refractivity contribution in [2.24, 2.45) is 11.8 Å². The highest BCUT2D eigenvalue weighted by molar-refractivity contribution is 5.77. The lowest BCUT2D eigenvalue weighted by Gasteiger charge is -2.29. The molecule has 1 aromatic carbocycles. The van der Waals surface area contributed by atoms with E-state index in [1.54, 1.807) is 0 Å². The molecule has 1 aromatic rings. The van der Waals surface area contributed by atoms with Crippen LogP contribution in [0.4, 0.5) is 0 Å². The monoisotopic (exact) mass is 258 g/mol. The molecule has 0 N–H and O–H groups in total. The fourth-order valence-corrected chi connectivity index (χ4v) is 3.60. The molecule has 0 saturated heterocycles. The number of benzene rings is 1. The average Bonchev–Trinajstić information content (AvgIpc) is 2.49. The van der Waals surface area contributed by atoms with Crippen LogP contribution in [0, 0.1) is 11.8 Å². The molecule has 19 heavy (non-hydrogen) atoms. The van der Waals surface area contributed by atoms with Crippen molar-refractivity contribution < 1.29 is 4.79 Å². The van der Waals surface area contributed by atoms with Gasteiger partial charge in [0.05, 0.1) is 0 Å². The summed E-state index contributed by atoms with van der Waals surface area (Å²) in [6, 6.07) is 8.04. The highest BCUT2D eigenvalue weighted by Crippen LogP contribution is 2.34. The largest absolute Gasteiger partial charge is 0.298 e. The van der Waals surface area contributed by atoms with Gasteiger partial charge < -0.3 is 0 Å². The van der Waals surface area contributed by atoms with Crippen LogP contribution in [0.15, 0.2) is 24.3 Å². The summed E-state index contributed by atoms with van der Waals surface area (Å²) in [5.41, 5.74) is 2.10. The second-order valence-corrected chi connectivity index (χ2v) is 5.92. The van der Waals surface area contributed by atoms with Gasteiger partial charge in [-0.15, -0.1) is 0 Å². The molecule has 104 valence electrons. The first-order chi connectivity index (χ1) is 9.35. The van der Waals surface area contributed by atoms with Crippen LogP contribution in [-0.2, 0) is 6.42 Å². The molecule has 1 fully saturated rings. The predicted molar refractivity (Wildman–Crippen MR) is 80.5 cm³/mol. The lowest BCUT2D eigenvalue weighted by atomic mass is 9.76. The van der Waals surface area contributed by atoms with Crippen LogP contribution >= 0.6 is 0 Å². The van der Waals surface area contributed by atoms with Gasteiger partial charge in [-0.3, -0.25) is 4.79 Å². The minimum absolute atomic E-state index is 0.847. The SMILES string of the molecule is CCC(CCc1ccccc1C=O)C1CCCCC1. The number of aryl methyl sites for hydroxylation is 1. The number of hydrogen-bond donors (Lipinski definition) is 0. The van der Waals surface area contributed by atoms with Crippen LogP contribution < -0.4 is 0 Å². The van der Waals surface area contributed by atoms with Crippen molar-refractivity contribution in [3.63, 3.8) is 0 Å². The number of carbonyl (C=O) groups is 1. The number of aldehydes is 1. The number of carbonyl (C=O) groups excluding carboxylic acids is 1. The molecule has 1 nitrogen and oxygen atoms in total. The van der Waals surface area contributed by atoms with Gasteiger partial charge in [0.1, 0.15) is 6.29 Å². The first-order valence-electron chi connectivity index (χ1n) is 7.88. The second-order valence-electron chi connectivity index (χ2n) is 5.92. The molecule has 0 radical (unpaired) electrons. The molecule has 0 bridgehead atoms. The summed E-state index contributed by atoms with van der Waals surface area (Å²) in [5.74, 6) is 1.78. The highest BCUT2D eigenvalue weighted by atomic mass is 16.1. The maximum absolute atomic E-state index is 11.0. The van der Waals surface area contributed by atoms with E-state index in [1.165, 1.54) is 50.5 Å². The molecule has 0 aliphatic heterocycles. The van der Waals surface area contributed by atoms with Crippen LogP contribution in [0.5, 0.6) is 0 Å². The molecule has 0 amide bonds. The molecular weight excluding hydrogens is 232 g/mol. The quantitative estimate of drug-likeness (QED) is 0.653. The molecular formula is C18H26O. The van der Waals surface area contributed by atoms with Gasteiger partial charge in [-0.1, -0.05) is 69.7 Å². The van der Waals surface area contributed by atoms with Crippen molar-refractivity contribution in [1.82, 2.24) is 0 Å². The lowest BCUT2D eigenvalue weighted by Crippen LogP contribution is -2.18. The Balaban J connectivity index is 1.93. The maximum Gasteiger partial charge on any atom is 0.150 e. The highest BCUT2D eigenvalue weighted by Gasteiger charge is 2.22. The van der Waals surface area contributed by atoms with Gasteiger partial charge in [-0.2, -0.15) is 0 Å².